The average molecular weight is 379 g/mol. The van der Waals surface area contributed by atoms with Gasteiger partial charge in [0.05, 0.1) is 0 Å². The molecule has 0 bridgehead atoms. The fourth-order valence-corrected chi connectivity index (χ4v) is 3.94. The Bertz CT molecular complexity index is 364. The lowest BCUT2D eigenvalue weighted by Crippen LogP contribution is -2.26. The van der Waals surface area contributed by atoms with Gasteiger partial charge >= 0.3 is 0 Å². The van der Waals surface area contributed by atoms with Crippen molar-refractivity contribution in [1.29, 1.82) is 0 Å². The zero-order valence-corrected chi connectivity index (χ0v) is 13.7. The Kier molecular flexibility index (Phi) is 5.87. The van der Waals surface area contributed by atoms with Crippen LogP contribution in [0.15, 0.2) is 27.1 Å². The van der Waals surface area contributed by atoms with Gasteiger partial charge in [0.2, 0.25) is 0 Å². The molecular formula is C13H17Br2NS. The molecule has 0 aliphatic carbocycles. The van der Waals surface area contributed by atoms with Gasteiger partial charge in [-0.15, -0.1) is 0 Å². The van der Waals surface area contributed by atoms with Crippen LogP contribution < -0.4 is 5.32 Å². The van der Waals surface area contributed by atoms with E-state index in [0.29, 0.717) is 0 Å². The minimum atomic E-state index is 0.822. The topological polar surface area (TPSA) is 12.0 Å². The highest BCUT2D eigenvalue weighted by molar-refractivity contribution is 9.13. The molecule has 4 heteroatoms. The van der Waals surface area contributed by atoms with Crippen LogP contribution in [0, 0.1) is 0 Å². The molecule has 1 heterocycles. The molecular weight excluding hydrogens is 362 g/mol. The maximum atomic E-state index is 3.56. The summed E-state index contributed by atoms with van der Waals surface area (Å²) in [5, 5.41) is 4.38. The highest BCUT2D eigenvalue weighted by Gasteiger charge is 2.12. The van der Waals surface area contributed by atoms with Gasteiger partial charge < -0.3 is 5.32 Å². The molecule has 0 radical (unpaired) electrons. The molecule has 0 spiro atoms. The van der Waals surface area contributed by atoms with Crippen LogP contribution in [-0.2, 0) is 6.54 Å². The molecule has 0 aromatic heterocycles. The number of benzene rings is 1. The molecule has 1 aromatic carbocycles. The Balaban J connectivity index is 1.75. The summed E-state index contributed by atoms with van der Waals surface area (Å²) in [4.78, 5) is 0. The zero-order valence-electron chi connectivity index (χ0n) is 9.72. The van der Waals surface area contributed by atoms with E-state index < -0.39 is 0 Å². The van der Waals surface area contributed by atoms with Gasteiger partial charge in [0.25, 0.3) is 0 Å². The Hall–Kier alpha value is 0.490. The normalized spacial score (nSPS) is 20.5. The molecule has 1 unspecified atom stereocenters. The first-order valence-corrected chi connectivity index (χ1v) is 8.65. The maximum Gasteiger partial charge on any atom is 0.0320 e. The average Bonchev–Trinajstić information content (AvgIpc) is 2.35. The largest absolute Gasteiger partial charge is 0.312 e. The van der Waals surface area contributed by atoms with E-state index in [1.165, 1.54) is 30.6 Å². The molecule has 1 saturated heterocycles. The van der Waals surface area contributed by atoms with E-state index in [9.17, 15) is 0 Å². The Morgan fingerprint density at radius 3 is 2.82 bits per heavy atom. The van der Waals surface area contributed by atoms with Crippen LogP contribution in [0.5, 0.6) is 0 Å². The highest BCUT2D eigenvalue weighted by Crippen LogP contribution is 2.25. The lowest BCUT2D eigenvalue weighted by molar-refractivity contribution is 0.598. The van der Waals surface area contributed by atoms with E-state index in [1.807, 2.05) is 0 Å². The van der Waals surface area contributed by atoms with Gasteiger partial charge in [0, 0.05) is 27.3 Å². The maximum absolute atomic E-state index is 3.56. The number of hydrogen-bond donors (Lipinski definition) is 1. The van der Waals surface area contributed by atoms with Gasteiger partial charge in [-0.25, -0.2) is 0 Å². The molecule has 2 rings (SSSR count). The molecule has 1 N–H and O–H groups in total. The summed E-state index contributed by atoms with van der Waals surface area (Å²) in [6.07, 6.45) is 4.19. The summed E-state index contributed by atoms with van der Waals surface area (Å²) >= 11 is 9.15. The molecule has 1 fully saturated rings. The highest BCUT2D eigenvalue weighted by atomic mass is 79.9. The fraction of sp³-hybridized carbons (Fsp3) is 0.538. The summed E-state index contributed by atoms with van der Waals surface area (Å²) in [7, 11) is 0. The number of rotatable bonds is 4. The lowest BCUT2D eigenvalue weighted by Gasteiger charge is -2.21. The Morgan fingerprint density at radius 2 is 2.12 bits per heavy atom. The molecule has 1 aliphatic heterocycles. The van der Waals surface area contributed by atoms with E-state index in [-0.39, 0.29) is 0 Å². The van der Waals surface area contributed by atoms with Gasteiger partial charge in [0.1, 0.15) is 0 Å². The van der Waals surface area contributed by atoms with E-state index in [1.54, 1.807) is 0 Å². The fourth-order valence-electron chi connectivity index (χ4n) is 2.00. The third kappa shape index (κ3) is 4.58. The third-order valence-electron chi connectivity index (χ3n) is 2.96. The van der Waals surface area contributed by atoms with Crippen molar-refractivity contribution in [3.63, 3.8) is 0 Å². The van der Waals surface area contributed by atoms with Crippen molar-refractivity contribution in [3.05, 3.63) is 32.7 Å². The third-order valence-corrected chi connectivity index (χ3v) is 6.24. The van der Waals surface area contributed by atoms with Crippen LogP contribution in [0.1, 0.15) is 24.8 Å². The van der Waals surface area contributed by atoms with Crippen molar-refractivity contribution in [2.45, 2.75) is 31.1 Å². The predicted octanol–water partition coefficient (Wildman–Crippen LogP) is 4.59. The Labute approximate surface area is 124 Å². The second-order valence-electron chi connectivity index (χ2n) is 4.37. The van der Waals surface area contributed by atoms with Gasteiger partial charge in [-0.2, -0.15) is 11.8 Å². The van der Waals surface area contributed by atoms with E-state index in [0.717, 1.165) is 27.3 Å². The predicted molar refractivity (Wildman–Crippen MR) is 83.6 cm³/mol. The zero-order chi connectivity index (χ0) is 12.1. The smallest absolute Gasteiger partial charge is 0.0320 e. The SMILES string of the molecule is Brc1ccc(CNCC2CCCCS2)cc1Br. The number of nitrogens with one attached hydrogen (secondary N) is 1. The Morgan fingerprint density at radius 1 is 1.24 bits per heavy atom. The van der Waals surface area contributed by atoms with Crippen molar-refractivity contribution in [2.24, 2.45) is 0 Å². The van der Waals surface area contributed by atoms with Crippen LogP contribution in [0.25, 0.3) is 0 Å². The molecule has 1 aromatic rings. The first-order valence-electron chi connectivity index (χ1n) is 6.02. The van der Waals surface area contributed by atoms with E-state index in [4.69, 9.17) is 0 Å². The van der Waals surface area contributed by atoms with Gasteiger partial charge in [0.15, 0.2) is 0 Å². The van der Waals surface area contributed by atoms with Gasteiger partial charge in [-0.3, -0.25) is 0 Å². The summed E-state index contributed by atoms with van der Waals surface area (Å²) in [6, 6.07) is 6.43. The monoisotopic (exact) mass is 377 g/mol. The van der Waals surface area contributed by atoms with Gasteiger partial charge in [-0.1, -0.05) is 12.5 Å². The molecule has 1 aliphatic rings. The van der Waals surface area contributed by atoms with E-state index in [2.05, 4.69) is 67.1 Å². The molecule has 1 nitrogen and oxygen atoms in total. The molecule has 94 valence electrons. The number of halogens is 2. The van der Waals surface area contributed by atoms with Crippen molar-refractivity contribution >= 4 is 43.6 Å². The summed E-state index contributed by atoms with van der Waals surface area (Å²) in [5.74, 6) is 1.34. The first-order chi connectivity index (χ1) is 8.25. The molecule has 17 heavy (non-hydrogen) atoms. The van der Waals surface area contributed by atoms with Crippen molar-refractivity contribution in [2.75, 3.05) is 12.3 Å². The van der Waals surface area contributed by atoms with E-state index >= 15 is 0 Å². The first kappa shape index (κ1) is 13.9. The number of hydrogen-bond acceptors (Lipinski definition) is 2. The quantitative estimate of drug-likeness (QED) is 0.822. The van der Waals surface area contributed by atoms with Crippen LogP contribution in [0.3, 0.4) is 0 Å². The summed E-state index contributed by atoms with van der Waals surface area (Å²) in [5.41, 5.74) is 1.33. The van der Waals surface area contributed by atoms with Crippen LogP contribution in [0.2, 0.25) is 0 Å². The number of thioether (sulfide) groups is 1. The van der Waals surface area contributed by atoms with Gasteiger partial charge in [-0.05, 0) is 68.2 Å². The molecule has 0 amide bonds. The van der Waals surface area contributed by atoms with Crippen molar-refractivity contribution < 1.29 is 0 Å². The molecule has 1 atom stereocenters. The van der Waals surface area contributed by atoms with Crippen LogP contribution in [-0.4, -0.2) is 17.5 Å². The van der Waals surface area contributed by atoms with Crippen LogP contribution in [0.4, 0.5) is 0 Å². The van der Waals surface area contributed by atoms with Crippen molar-refractivity contribution in [1.82, 2.24) is 5.32 Å². The summed E-state index contributed by atoms with van der Waals surface area (Å²) < 4.78 is 2.24. The minimum Gasteiger partial charge on any atom is -0.312 e. The van der Waals surface area contributed by atoms with Crippen LogP contribution >= 0.6 is 43.6 Å². The lowest BCUT2D eigenvalue weighted by atomic mass is 10.2. The van der Waals surface area contributed by atoms with Crippen molar-refractivity contribution in [3.8, 4) is 0 Å². The second-order valence-corrected chi connectivity index (χ2v) is 7.48. The standard InChI is InChI=1S/C13H17Br2NS/c14-12-5-4-10(7-13(12)15)8-16-9-11-3-1-2-6-17-11/h4-5,7,11,16H,1-3,6,8-9H2. The summed E-state index contributed by atoms with van der Waals surface area (Å²) in [6.45, 7) is 2.10. The minimum absolute atomic E-state index is 0.822. The molecule has 0 saturated carbocycles. The second kappa shape index (κ2) is 7.17.